The number of ether oxygens (including phenoxy) is 1. The highest BCUT2D eigenvalue weighted by molar-refractivity contribution is 5.62. The monoisotopic (exact) mass is 300 g/mol. The summed E-state index contributed by atoms with van der Waals surface area (Å²) in [5.74, 6) is -1.08. The predicted molar refractivity (Wildman–Crippen MR) is 76.2 cm³/mol. The summed E-state index contributed by atoms with van der Waals surface area (Å²) in [6.07, 6.45) is 2.14. The minimum absolute atomic E-state index is 0.0561. The molecule has 2 aromatic carbocycles. The van der Waals surface area contributed by atoms with Gasteiger partial charge in [-0.2, -0.15) is 5.10 Å². The Kier molecular flexibility index (Phi) is 3.65. The molecule has 0 aliphatic carbocycles. The van der Waals surface area contributed by atoms with Crippen molar-refractivity contribution in [2.75, 3.05) is 0 Å². The molecule has 3 rings (SSSR count). The van der Waals surface area contributed by atoms with E-state index in [1.54, 1.807) is 36.5 Å². The summed E-state index contributed by atoms with van der Waals surface area (Å²) >= 11 is 0. The average molecular weight is 300 g/mol. The average Bonchev–Trinajstić information content (AvgIpc) is 3.00. The number of carbonyl (C=O) groups excluding carboxylic acids is 1. The van der Waals surface area contributed by atoms with Gasteiger partial charge in [0, 0.05) is 17.8 Å². The maximum Gasteiger partial charge on any atom is 0.234 e. The van der Waals surface area contributed by atoms with Crippen molar-refractivity contribution in [3.63, 3.8) is 0 Å². The van der Waals surface area contributed by atoms with Crippen molar-refractivity contribution in [3.05, 3.63) is 66.4 Å². The lowest BCUT2D eigenvalue weighted by Gasteiger charge is -2.07. The van der Waals surface area contributed by atoms with E-state index in [1.165, 1.54) is 6.07 Å². The van der Waals surface area contributed by atoms with Crippen LogP contribution in [0.2, 0.25) is 0 Å². The molecule has 0 aliphatic heterocycles. The van der Waals surface area contributed by atoms with Gasteiger partial charge in [0.05, 0.1) is 5.69 Å². The van der Waals surface area contributed by atoms with Crippen LogP contribution in [-0.2, 0) is 4.79 Å². The number of nitrogens with zero attached hydrogens (tertiary/aromatic N) is 2. The summed E-state index contributed by atoms with van der Waals surface area (Å²) < 4.78 is 32.9. The van der Waals surface area contributed by atoms with Gasteiger partial charge in [-0.3, -0.25) is 4.79 Å². The van der Waals surface area contributed by atoms with E-state index in [2.05, 4.69) is 5.10 Å². The van der Waals surface area contributed by atoms with Gasteiger partial charge in [0.15, 0.2) is 11.6 Å². The van der Waals surface area contributed by atoms with Crippen molar-refractivity contribution in [2.24, 2.45) is 0 Å². The van der Waals surface area contributed by atoms with Crippen LogP contribution in [0.15, 0.2) is 54.7 Å². The largest absolute Gasteiger partial charge is 0.454 e. The first-order chi connectivity index (χ1) is 10.7. The molecular formula is C16H10F2N2O2. The first-order valence-corrected chi connectivity index (χ1v) is 6.39. The molecule has 0 fully saturated rings. The van der Waals surface area contributed by atoms with Crippen molar-refractivity contribution in [1.29, 1.82) is 0 Å². The van der Waals surface area contributed by atoms with Crippen LogP contribution in [0.25, 0.3) is 11.3 Å². The highest BCUT2D eigenvalue weighted by Crippen LogP contribution is 2.27. The zero-order chi connectivity index (χ0) is 15.5. The molecule has 6 heteroatoms. The highest BCUT2D eigenvalue weighted by Gasteiger charge is 2.07. The first-order valence-electron chi connectivity index (χ1n) is 6.39. The Morgan fingerprint density at radius 1 is 1.05 bits per heavy atom. The van der Waals surface area contributed by atoms with E-state index in [-0.39, 0.29) is 5.75 Å². The topological polar surface area (TPSA) is 44.1 Å². The van der Waals surface area contributed by atoms with E-state index in [4.69, 9.17) is 4.74 Å². The molecule has 0 unspecified atom stereocenters. The maximum absolute atomic E-state index is 13.5. The van der Waals surface area contributed by atoms with E-state index in [9.17, 15) is 13.6 Å². The maximum atomic E-state index is 13.5. The summed E-state index contributed by atoms with van der Waals surface area (Å²) in [6.45, 7) is 0. The minimum Gasteiger partial charge on any atom is -0.454 e. The number of hydrogen-bond donors (Lipinski definition) is 0. The van der Waals surface area contributed by atoms with E-state index in [0.717, 1.165) is 22.4 Å². The summed E-state index contributed by atoms with van der Waals surface area (Å²) in [5.41, 5.74) is 1.42. The molecule has 4 nitrogen and oxygen atoms in total. The van der Waals surface area contributed by atoms with Crippen LogP contribution in [0.5, 0.6) is 11.5 Å². The first kappa shape index (κ1) is 13.9. The second-order valence-corrected chi connectivity index (χ2v) is 4.49. The van der Waals surface area contributed by atoms with Gasteiger partial charge in [-0.25, -0.2) is 13.5 Å². The molecule has 3 aromatic rings. The van der Waals surface area contributed by atoms with Crippen LogP contribution in [0.1, 0.15) is 0 Å². The third-order valence-corrected chi connectivity index (χ3v) is 2.99. The zero-order valence-electron chi connectivity index (χ0n) is 11.2. The summed E-state index contributed by atoms with van der Waals surface area (Å²) in [6, 6.07) is 11.5. The van der Waals surface area contributed by atoms with Crippen LogP contribution in [0.3, 0.4) is 0 Å². The summed E-state index contributed by atoms with van der Waals surface area (Å²) in [7, 11) is 0. The number of benzene rings is 2. The Morgan fingerprint density at radius 2 is 1.82 bits per heavy atom. The lowest BCUT2D eigenvalue weighted by Crippen LogP contribution is -1.94. The Bertz CT molecular complexity index is 813. The minimum atomic E-state index is -0.770. The lowest BCUT2D eigenvalue weighted by atomic mass is 10.1. The van der Waals surface area contributed by atoms with Crippen LogP contribution in [0.4, 0.5) is 8.78 Å². The Balaban J connectivity index is 1.80. The molecule has 0 saturated carbocycles. The molecule has 22 heavy (non-hydrogen) atoms. The molecule has 0 atom stereocenters. The molecule has 1 aromatic heterocycles. The van der Waals surface area contributed by atoms with E-state index < -0.39 is 11.6 Å². The van der Waals surface area contributed by atoms with E-state index in [1.807, 2.05) is 0 Å². The lowest BCUT2D eigenvalue weighted by molar-refractivity contribution is 0.438. The van der Waals surface area contributed by atoms with Crippen LogP contribution >= 0.6 is 0 Å². The van der Waals surface area contributed by atoms with Gasteiger partial charge in [-0.1, -0.05) is 0 Å². The molecule has 0 spiro atoms. The molecule has 1 heterocycles. The van der Waals surface area contributed by atoms with Crippen LogP contribution < -0.4 is 4.74 Å². The summed E-state index contributed by atoms with van der Waals surface area (Å²) in [4.78, 5) is 10.6. The van der Waals surface area contributed by atoms with Crippen molar-refractivity contribution in [1.82, 2.24) is 9.78 Å². The van der Waals surface area contributed by atoms with Crippen molar-refractivity contribution >= 4 is 6.41 Å². The van der Waals surface area contributed by atoms with Gasteiger partial charge in [0.1, 0.15) is 11.6 Å². The molecule has 0 radical (unpaired) electrons. The number of rotatable bonds is 4. The molecule has 110 valence electrons. The molecule has 0 saturated heterocycles. The third kappa shape index (κ3) is 2.85. The van der Waals surface area contributed by atoms with Gasteiger partial charge < -0.3 is 4.74 Å². The normalized spacial score (nSPS) is 10.5. The number of halogens is 2. The quantitative estimate of drug-likeness (QED) is 0.691. The smallest absolute Gasteiger partial charge is 0.234 e. The molecule has 0 amide bonds. The van der Waals surface area contributed by atoms with Gasteiger partial charge in [0.25, 0.3) is 0 Å². The van der Waals surface area contributed by atoms with Gasteiger partial charge in [-0.15, -0.1) is 0 Å². The number of carbonyl (C=O) groups is 1. The Morgan fingerprint density at radius 3 is 2.45 bits per heavy atom. The van der Waals surface area contributed by atoms with Crippen molar-refractivity contribution in [3.8, 4) is 22.8 Å². The Hall–Kier alpha value is -3.02. The molecule has 0 aliphatic rings. The number of aromatic nitrogens is 2. The third-order valence-electron chi connectivity index (χ3n) is 2.99. The van der Waals surface area contributed by atoms with Crippen molar-refractivity contribution in [2.45, 2.75) is 0 Å². The second-order valence-electron chi connectivity index (χ2n) is 4.49. The highest BCUT2D eigenvalue weighted by atomic mass is 19.1. The predicted octanol–water partition coefficient (Wildman–Crippen LogP) is 3.66. The second kappa shape index (κ2) is 5.77. The van der Waals surface area contributed by atoms with Crippen LogP contribution in [-0.4, -0.2) is 16.2 Å². The summed E-state index contributed by atoms with van der Waals surface area (Å²) in [5, 5.41) is 4.04. The zero-order valence-corrected chi connectivity index (χ0v) is 11.2. The fourth-order valence-electron chi connectivity index (χ4n) is 1.93. The standard InChI is InChI=1S/C16H10F2N2O2/c17-12-3-6-16(14(18)9-12)22-13-4-1-11(2-5-13)15-7-8-20(10-21)19-15/h1-10H. The van der Waals surface area contributed by atoms with Crippen molar-refractivity contribution < 1.29 is 18.3 Å². The SMILES string of the molecule is O=Cn1ccc(-c2ccc(Oc3ccc(F)cc3F)cc2)n1. The van der Waals surface area contributed by atoms with E-state index >= 15 is 0 Å². The fraction of sp³-hybridized carbons (Fsp3) is 0. The fourth-order valence-corrected chi connectivity index (χ4v) is 1.93. The Labute approximate surface area is 124 Å². The van der Waals surface area contributed by atoms with Crippen LogP contribution in [0, 0.1) is 11.6 Å². The van der Waals surface area contributed by atoms with Gasteiger partial charge >= 0.3 is 0 Å². The number of hydrogen-bond acceptors (Lipinski definition) is 3. The van der Waals surface area contributed by atoms with Gasteiger partial charge in [0.2, 0.25) is 6.41 Å². The molecule has 0 N–H and O–H groups in total. The van der Waals surface area contributed by atoms with E-state index in [0.29, 0.717) is 17.9 Å². The molecular weight excluding hydrogens is 290 g/mol. The molecule has 0 bridgehead atoms. The van der Waals surface area contributed by atoms with Gasteiger partial charge in [-0.05, 0) is 42.5 Å².